The fourth-order valence-electron chi connectivity index (χ4n) is 3.84. The van der Waals surface area contributed by atoms with Crippen molar-refractivity contribution in [1.82, 2.24) is 10.3 Å². The highest BCUT2D eigenvalue weighted by molar-refractivity contribution is 6.05. The second-order valence-electron chi connectivity index (χ2n) is 8.01. The number of carbonyl (C=O) groups is 2. The molecule has 0 radical (unpaired) electrons. The van der Waals surface area contributed by atoms with Gasteiger partial charge in [-0.2, -0.15) is 0 Å². The predicted molar refractivity (Wildman–Crippen MR) is 141 cm³/mol. The van der Waals surface area contributed by atoms with Crippen molar-refractivity contribution in [1.29, 1.82) is 0 Å². The van der Waals surface area contributed by atoms with Gasteiger partial charge in [-0.05, 0) is 55.8 Å². The predicted octanol–water partition coefficient (Wildman–Crippen LogP) is 5.80. The summed E-state index contributed by atoms with van der Waals surface area (Å²) in [6.45, 7) is 5.93. The second-order valence-corrected chi connectivity index (χ2v) is 8.01. The van der Waals surface area contributed by atoms with Crippen molar-refractivity contribution in [3.63, 3.8) is 0 Å². The van der Waals surface area contributed by atoms with Gasteiger partial charge in [0.05, 0.1) is 5.52 Å². The molecule has 0 saturated heterocycles. The maximum absolute atomic E-state index is 13.1. The van der Waals surface area contributed by atoms with Crippen LogP contribution in [0.3, 0.4) is 0 Å². The largest absolute Gasteiger partial charge is 0.493 e. The maximum atomic E-state index is 13.1. The third kappa shape index (κ3) is 5.50. The van der Waals surface area contributed by atoms with Crippen LogP contribution >= 0.6 is 0 Å². The van der Waals surface area contributed by atoms with Crippen LogP contribution in [0.25, 0.3) is 17.0 Å². The number of aromatic nitrogens is 1. The van der Waals surface area contributed by atoms with E-state index < -0.39 is 11.8 Å². The lowest BCUT2D eigenvalue weighted by Crippen LogP contribution is -2.26. The number of azo groups is 1. The molecule has 3 aromatic carbocycles. The Morgan fingerprint density at radius 3 is 2.31 bits per heavy atom. The molecule has 8 heteroatoms. The molecule has 0 saturated carbocycles. The number of anilines is 1. The van der Waals surface area contributed by atoms with E-state index in [4.69, 9.17) is 0 Å². The van der Waals surface area contributed by atoms with Crippen LogP contribution in [0.4, 0.5) is 11.4 Å². The van der Waals surface area contributed by atoms with Gasteiger partial charge in [-0.15, -0.1) is 10.2 Å². The van der Waals surface area contributed by atoms with Crippen LogP contribution in [0.15, 0.2) is 94.8 Å². The van der Waals surface area contributed by atoms with Crippen LogP contribution in [0.5, 0.6) is 5.88 Å². The van der Waals surface area contributed by atoms with Crippen molar-refractivity contribution in [2.24, 2.45) is 10.2 Å². The van der Waals surface area contributed by atoms with Crippen LogP contribution < -0.4 is 10.2 Å². The lowest BCUT2D eigenvalue weighted by atomic mass is 10.1. The van der Waals surface area contributed by atoms with Gasteiger partial charge < -0.3 is 20.3 Å². The number of H-pyrrole nitrogens is 1. The maximum Gasteiger partial charge on any atom is 0.311 e. The van der Waals surface area contributed by atoms with Gasteiger partial charge in [0.15, 0.2) is 5.69 Å². The average Bonchev–Trinajstić information content (AvgIpc) is 3.23. The summed E-state index contributed by atoms with van der Waals surface area (Å²) in [5, 5.41) is 21.3. The zero-order valence-electron chi connectivity index (χ0n) is 20.1. The van der Waals surface area contributed by atoms with Crippen LogP contribution in [0.1, 0.15) is 29.8 Å². The molecule has 8 nitrogen and oxygen atoms in total. The highest BCUT2D eigenvalue weighted by Crippen LogP contribution is 2.35. The zero-order valence-corrected chi connectivity index (χ0v) is 20.1. The molecule has 36 heavy (non-hydrogen) atoms. The summed E-state index contributed by atoms with van der Waals surface area (Å²) in [5.74, 6) is -1.39. The van der Waals surface area contributed by atoms with Crippen LogP contribution in [0.2, 0.25) is 0 Å². The van der Waals surface area contributed by atoms with Crippen LogP contribution in [-0.2, 0) is 4.79 Å². The number of para-hydroxylation sites is 1. The number of rotatable bonds is 8. The van der Waals surface area contributed by atoms with E-state index in [2.05, 4.69) is 39.3 Å². The van der Waals surface area contributed by atoms with Crippen molar-refractivity contribution < 1.29 is 14.7 Å². The molecule has 1 heterocycles. The van der Waals surface area contributed by atoms with E-state index in [1.165, 1.54) is 0 Å². The van der Waals surface area contributed by atoms with Gasteiger partial charge >= 0.3 is 5.91 Å². The van der Waals surface area contributed by atoms with E-state index in [0.717, 1.165) is 18.8 Å². The van der Waals surface area contributed by atoms with Gasteiger partial charge in [0.1, 0.15) is 5.70 Å². The third-order valence-electron chi connectivity index (χ3n) is 5.75. The molecule has 0 atom stereocenters. The van der Waals surface area contributed by atoms with Gasteiger partial charge in [0, 0.05) is 29.7 Å². The molecule has 0 aliphatic rings. The van der Waals surface area contributed by atoms with Crippen LogP contribution in [0, 0.1) is 0 Å². The first-order chi connectivity index (χ1) is 17.5. The van der Waals surface area contributed by atoms with Crippen molar-refractivity contribution in [3.8, 4) is 5.88 Å². The van der Waals surface area contributed by atoms with Gasteiger partial charge in [0.25, 0.3) is 5.91 Å². The minimum atomic E-state index is -0.753. The molecule has 182 valence electrons. The molecule has 1 aromatic heterocycles. The van der Waals surface area contributed by atoms with Crippen molar-refractivity contribution in [3.05, 3.63) is 95.7 Å². The molecular formula is C28H27N5O3. The Morgan fingerprint density at radius 1 is 0.944 bits per heavy atom. The first kappa shape index (κ1) is 24.4. The summed E-state index contributed by atoms with van der Waals surface area (Å²) in [6.07, 6.45) is 1.56. The number of amides is 2. The van der Waals surface area contributed by atoms with Crippen LogP contribution in [-0.4, -0.2) is 35.0 Å². The lowest BCUT2D eigenvalue weighted by Gasteiger charge is -2.20. The van der Waals surface area contributed by atoms with Crippen molar-refractivity contribution in [2.45, 2.75) is 13.8 Å². The Labute approximate surface area is 209 Å². The summed E-state index contributed by atoms with van der Waals surface area (Å²) >= 11 is 0. The number of hydrogen-bond acceptors (Lipinski definition) is 5. The number of aromatic amines is 1. The fourth-order valence-corrected chi connectivity index (χ4v) is 3.84. The topological polar surface area (TPSA) is 110 Å². The summed E-state index contributed by atoms with van der Waals surface area (Å²) < 4.78 is 0. The normalized spacial score (nSPS) is 11.7. The van der Waals surface area contributed by atoms with Gasteiger partial charge in [-0.3, -0.25) is 9.59 Å². The SMILES string of the molecule is CCN(CC)c1ccc(/C=C(\NC(=O)c2ccccc2)C(=O)N=Nc2c(O)[nH]c3ccccc23)cc1. The summed E-state index contributed by atoms with van der Waals surface area (Å²) in [4.78, 5) is 30.9. The minimum absolute atomic E-state index is 0.0393. The Hall–Kier alpha value is -4.72. The number of carbonyl (C=O) groups excluding carboxylic acids is 2. The minimum Gasteiger partial charge on any atom is -0.493 e. The fraction of sp³-hybridized carbons (Fsp3) is 0.143. The van der Waals surface area contributed by atoms with E-state index in [1.807, 2.05) is 30.3 Å². The lowest BCUT2D eigenvalue weighted by molar-refractivity contribution is -0.115. The molecule has 0 aliphatic heterocycles. The highest BCUT2D eigenvalue weighted by Gasteiger charge is 2.16. The van der Waals surface area contributed by atoms with Crippen molar-refractivity contribution in [2.75, 3.05) is 18.0 Å². The number of aromatic hydroxyl groups is 1. The number of benzene rings is 3. The number of nitrogens with one attached hydrogen (secondary N) is 2. The Morgan fingerprint density at radius 2 is 1.61 bits per heavy atom. The summed E-state index contributed by atoms with van der Waals surface area (Å²) in [7, 11) is 0. The molecule has 0 bridgehead atoms. The Balaban J connectivity index is 1.65. The third-order valence-corrected chi connectivity index (χ3v) is 5.75. The Kier molecular flexibility index (Phi) is 7.55. The first-order valence-electron chi connectivity index (χ1n) is 11.7. The molecule has 0 aliphatic carbocycles. The smallest absolute Gasteiger partial charge is 0.311 e. The highest BCUT2D eigenvalue weighted by atomic mass is 16.3. The summed E-state index contributed by atoms with van der Waals surface area (Å²) in [5.41, 5.74) is 2.96. The molecule has 0 spiro atoms. The van der Waals surface area contributed by atoms with Gasteiger partial charge in [-0.1, -0.05) is 48.5 Å². The van der Waals surface area contributed by atoms with E-state index >= 15 is 0 Å². The van der Waals surface area contributed by atoms with Gasteiger partial charge in [-0.25, -0.2) is 0 Å². The van der Waals surface area contributed by atoms with E-state index in [0.29, 0.717) is 22.0 Å². The number of hydrogen-bond donors (Lipinski definition) is 3. The molecular weight excluding hydrogens is 454 g/mol. The number of fused-ring (bicyclic) bond motifs is 1. The van der Waals surface area contributed by atoms with E-state index in [1.54, 1.807) is 54.6 Å². The zero-order chi connectivity index (χ0) is 25.5. The summed E-state index contributed by atoms with van der Waals surface area (Å²) in [6, 6.07) is 23.4. The van der Waals surface area contributed by atoms with E-state index in [-0.39, 0.29) is 17.3 Å². The standard InChI is InChI=1S/C28H27N5O3/c1-3-33(4-2)21-16-14-19(15-17-21)18-24(30-26(34)20-10-6-5-7-11-20)27(35)32-31-25-22-12-8-9-13-23(22)29-28(25)36/h5-18,29,36H,3-4H2,1-2H3,(H,30,34)/b24-18-,32-31?. The molecule has 2 amide bonds. The molecule has 4 rings (SSSR count). The van der Waals surface area contributed by atoms with Crippen molar-refractivity contribution >= 4 is 40.2 Å². The quantitative estimate of drug-likeness (QED) is 0.218. The Bertz CT molecular complexity index is 1420. The molecule has 0 unspecified atom stereocenters. The molecule has 3 N–H and O–H groups in total. The number of nitrogens with zero attached hydrogens (tertiary/aromatic N) is 3. The first-order valence-corrected chi connectivity index (χ1v) is 11.7. The molecule has 0 fully saturated rings. The van der Waals surface area contributed by atoms with Gasteiger partial charge in [0.2, 0.25) is 5.88 Å². The average molecular weight is 482 g/mol. The van der Waals surface area contributed by atoms with E-state index in [9.17, 15) is 14.7 Å². The molecule has 4 aromatic rings. The monoisotopic (exact) mass is 481 g/mol. The second kappa shape index (κ2) is 11.1.